The third kappa shape index (κ3) is 3.92. The smallest absolute Gasteiger partial charge is 0.274 e. The third-order valence-corrected chi connectivity index (χ3v) is 5.89. The molecule has 0 aliphatic carbocycles. The summed E-state index contributed by atoms with van der Waals surface area (Å²) in [4.78, 5) is 23.0. The van der Waals surface area contributed by atoms with Crippen molar-refractivity contribution < 1.29 is 9.72 Å². The fourth-order valence-electron chi connectivity index (χ4n) is 2.57. The molecule has 10 heteroatoms. The van der Waals surface area contributed by atoms with Gasteiger partial charge in [-0.15, -0.1) is 10.2 Å². The number of nitro benzene ring substituents is 1. The summed E-state index contributed by atoms with van der Waals surface area (Å²) < 4.78 is 4.00. The van der Waals surface area contributed by atoms with E-state index in [2.05, 4.69) is 26.1 Å². The van der Waals surface area contributed by atoms with E-state index in [-0.39, 0.29) is 11.6 Å². The van der Waals surface area contributed by atoms with Gasteiger partial charge in [-0.3, -0.25) is 14.9 Å². The summed E-state index contributed by atoms with van der Waals surface area (Å²) in [7, 11) is 1.80. The molecular weight excluding hydrogens is 446 g/mol. The fourth-order valence-corrected chi connectivity index (χ4v) is 3.83. The monoisotopic (exact) mass is 461 g/mol. The van der Waals surface area contributed by atoms with E-state index in [1.54, 1.807) is 30.7 Å². The first-order valence-electron chi connectivity index (χ1n) is 8.17. The molecule has 1 heterocycles. The molecule has 0 bridgehead atoms. The number of nitro groups is 1. The van der Waals surface area contributed by atoms with Gasteiger partial charge in [0.2, 0.25) is 11.1 Å². The van der Waals surface area contributed by atoms with Crippen molar-refractivity contribution in [2.24, 2.45) is 7.05 Å². The zero-order chi connectivity index (χ0) is 20.4. The number of benzene rings is 2. The average molecular weight is 462 g/mol. The minimum absolute atomic E-state index is 0.0452. The number of amides is 1. The molecule has 0 radical (unpaired) electrons. The standard InChI is InChI=1S/C18H16BrN5O3S/c1-11-8-9-13(10-16(11)24(26)27)23(12(2)25)28-18-21-20-17(22(18)3)14-6-4-5-7-15(14)19/h4-10H,1-3H3. The molecule has 3 aromatic rings. The van der Waals surface area contributed by atoms with Crippen LogP contribution in [0.2, 0.25) is 0 Å². The molecule has 0 fully saturated rings. The second kappa shape index (κ2) is 8.11. The molecule has 0 saturated heterocycles. The Bertz CT molecular complexity index is 1070. The van der Waals surface area contributed by atoms with E-state index in [0.29, 0.717) is 22.2 Å². The predicted octanol–water partition coefficient (Wildman–Crippen LogP) is 4.52. The highest BCUT2D eigenvalue weighted by Crippen LogP contribution is 2.34. The topological polar surface area (TPSA) is 94.2 Å². The number of aryl methyl sites for hydroxylation is 1. The second-order valence-electron chi connectivity index (χ2n) is 5.98. The van der Waals surface area contributed by atoms with Crippen LogP contribution in [0.5, 0.6) is 0 Å². The predicted molar refractivity (Wildman–Crippen MR) is 111 cm³/mol. The Kier molecular flexibility index (Phi) is 5.80. The van der Waals surface area contributed by atoms with E-state index in [9.17, 15) is 14.9 Å². The van der Waals surface area contributed by atoms with Crippen molar-refractivity contribution in [3.63, 3.8) is 0 Å². The van der Waals surface area contributed by atoms with Crippen LogP contribution in [0.15, 0.2) is 52.1 Å². The number of halogens is 1. The first kappa shape index (κ1) is 20.0. The first-order valence-corrected chi connectivity index (χ1v) is 9.74. The van der Waals surface area contributed by atoms with Gasteiger partial charge in [0.1, 0.15) is 0 Å². The summed E-state index contributed by atoms with van der Waals surface area (Å²) >= 11 is 4.56. The highest BCUT2D eigenvalue weighted by Gasteiger charge is 2.22. The summed E-state index contributed by atoms with van der Waals surface area (Å²) in [5.41, 5.74) is 1.75. The van der Waals surface area contributed by atoms with E-state index < -0.39 is 4.92 Å². The van der Waals surface area contributed by atoms with E-state index in [1.807, 2.05) is 24.3 Å². The molecule has 1 amide bonds. The molecule has 3 rings (SSSR count). The molecule has 2 aromatic carbocycles. The zero-order valence-corrected chi connectivity index (χ0v) is 17.7. The molecule has 8 nitrogen and oxygen atoms in total. The van der Waals surface area contributed by atoms with Crippen LogP contribution in [0.1, 0.15) is 12.5 Å². The van der Waals surface area contributed by atoms with Crippen LogP contribution in [-0.4, -0.2) is 25.6 Å². The van der Waals surface area contributed by atoms with Gasteiger partial charge in [0.25, 0.3) is 5.69 Å². The maximum atomic E-state index is 12.2. The van der Waals surface area contributed by atoms with Gasteiger partial charge in [-0.25, -0.2) is 4.31 Å². The van der Waals surface area contributed by atoms with Crippen molar-refractivity contribution in [1.29, 1.82) is 0 Å². The summed E-state index contributed by atoms with van der Waals surface area (Å²) in [6.45, 7) is 3.05. The quantitative estimate of drug-likeness (QED) is 0.314. The number of hydrogen-bond donors (Lipinski definition) is 0. The molecule has 0 unspecified atom stereocenters. The zero-order valence-electron chi connectivity index (χ0n) is 15.3. The molecule has 0 aliphatic heterocycles. The lowest BCUT2D eigenvalue weighted by atomic mass is 10.2. The minimum atomic E-state index is -0.463. The Morgan fingerprint density at radius 3 is 2.61 bits per heavy atom. The van der Waals surface area contributed by atoms with Gasteiger partial charge in [-0.1, -0.05) is 40.2 Å². The van der Waals surface area contributed by atoms with Crippen LogP contribution in [0.4, 0.5) is 11.4 Å². The molecule has 144 valence electrons. The lowest BCUT2D eigenvalue weighted by Gasteiger charge is -2.19. The van der Waals surface area contributed by atoms with Crippen molar-refractivity contribution >= 4 is 45.2 Å². The highest BCUT2D eigenvalue weighted by molar-refractivity contribution is 9.10. The molecule has 1 aromatic heterocycles. The van der Waals surface area contributed by atoms with E-state index in [0.717, 1.165) is 22.0 Å². The third-order valence-electron chi connectivity index (χ3n) is 4.03. The largest absolute Gasteiger partial charge is 0.304 e. The first-order chi connectivity index (χ1) is 13.3. The number of hydrogen-bond acceptors (Lipinski definition) is 6. The van der Waals surface area contributed by atoms with Crippen LogP contribution in [0, 0.1) is 17.0 Å². The SMILES string of the molecule is CC(=O)N(Sc1nnc(-c2ccccc2Br)n1C)c1ccc(C)c([N+](=O)[O-])c1. The van der Waals surface area contributed by atoms with Gasteiger partial charge in [-0.2, -0.15) is 0 Å². The molecule has 0 saturated carbocycles. The summed E-state index contributed by atoms with van der Waals surface area (Å²) in [5.74, 6) is 0.349. The summed E-state index contributed by atoms with van der Waals surface area (Å²) in [6, 6.07) is 12.3. The van der Waals surface area contributed by atoms with E-state index in [4.69, 9.17) is 0 Å². The minimum Gasteiger partial charge on any atom is -0.304 e. The Morgan fingerprint density at radius 1 is 1.25 bits per heavy atom. The fraction of sp³-hybridized carbons (Fsp3) is 0.167. The molecular formula is C18H16BrN5O3S. The van der Waals surface area contributed by atoms with Crippen molar-refractivity contribution in [2.45, 2.75) is 19.0 Å². The maximum absolute atomic E-state index is 12.2. The molecule has 0 aliphatic rings. The molecule has 28 heavy (non-hydrogen) atoms. The number of anilines is 1. The van der Waals surface area contributed by atoms with Crippen LogP contribution in [0.25, 0.3) is 11.4 Å². The van der Waals surface area contributed by atoms with Crippen molar-refractivity contribution in [2.75, 3.05) is 4.31 Å². The van der Waals surface area contributed by atoms with Gasteiger partial charge in [0.15, 0.2) is 5.82 Å². The van der Waals surface area contributed by atoms with Gasteiger partial charge in [0.05, 0.1) is 10.6 Å². The average Bonchev–Trinajstić information content (AvgIpc) is 3.00. The Morgan fingerprint density at radius 2 is 1.96 bits per heavy atom. The van der Waals surface area contributed by atoms with Gasteiger partial charge < -0.3 is 4.57 Å². The van der Waals surface area contributed by atoms with Crippen LogP contribution >= 0.6 is 27.9 Å². The van der Waals surface area contributed by atoms with E-state index in [1.165, 1.54) is 17.3 Å². The number of aromatic nitrogens is 3. The molecule has 0 atom stereocenters. The van der Waals surface area contributed by atoms with Crippen LogP contribution in [-0.2, 0) is 11.8 Å². The second-order valence-corrected chi connectivity index (χ2v) is 7.74. The van der Waals surface area contributed by atoms with Crippen molar-refractivity contribution in [3.8, 4) is 11.4 Å². The summed E-state index contributed by atoms with van der Waals surface area (Å²) in [6.07, 6.45) is 0. The number of carbonyl (C=O) groups excluding carboxylic acids is 1. The van der Waals surface area contributed by atoms with E-state index >= 15 is 0 Å². The maximum Gasteiger partial charge on any atom is 0.274 e. The number of rotatable bonds is 5. The van der Waals surface area contributed by atoms with Crippen molar-refractivity contribution in [1.82, 2.24) is 14.8 Å². The van der Waals surface area contributed by atoms with Crippen LogP contribution < -0.4 is 4.31 Å². The number of nitrogens with zero attached hydrogens (tertiary/aromatic N) is 5. The van der Waals surface area contributed by atoms with Gasteiger partial charge in [0, 0.05) is 47.6 Å². The lowest BCUT2D eigenvalue weighted by molar-refractivity contribution is -0.385. The Hall–Kier alpha value is -2.72. The Balaban J connectivity index is 1.97. The Labute approximate surface area is 174 Å². The lowest BCUT2D eigenvalue weighted by Crippen LogP contribution is -2.21. The molecule has 0 spiro atoms. The highest BCUT2D eigenvalue weighted by atomic mass is 79.9. The van der Waals surface area contributed by atoms with Crippen molar-refractivity contribution in [3.05, 3.63) is 62.6 Å². The van der Waals surface area contributed by atoms with Gasteiger partial charge in [-0.05, 0) is 19.1 Å². The van der Waals surface area contributed by atoms with Gasteiger partial charge >= 0.3 is 0 Å². The molecule has 0 N–H and O–H groups in total. The normalized spacial score (nSPS) is 10.7. The number of carbonyl (C=O) groups is 1. The van der Waals surface area contributed by atoms with Crippen LogP contribution in [0.3, 0.4) is 0 Å². The summed E-state index contributed by atoms with van der Waals surface area (Å²) in [5, 5.41) is 20.1.